The second kappa shape index (κ2) is 9.45. The van der Waals surface area contributed by atoms with Gasteiger partial charge in [-0.15, -0.1) is 0 Å². The molecule has 1 aliphatic rings. The molecule has 0 radical (unpaired) electrons. The van der Waals surface area contributed by atoms with E-state index in [2.05, 4.69) is 10.2 Å². The third-order valence-electron chi connectivity index (χ3n) is 4.80. The number of likely N-dealkylation sites (tertiary alicyclic amines) is 1. The van der Waals surface area contributed by atoms with E-state index in [1.807, 2.05) is 43.3 Å². The van der Waals surface area contributed by atoms with E-state index >= 15 is 0 Å². The minimum absolute atomic E-state index is 0.0357. The van der Waals surface area contributed by atoms with Crippen LogP contribution in [0.2, 0.25) is 10.0 Å². The van der Waals surface area contributed by atoms with Gasteiger partial charge >= 0.3 is 0 Å². The number of nitrogens with one attached hydrogen (secondary N) is 1. The molecule has 0 unspecified atom stereocenters. The Morgan fingerprint density at radius 3 is 2.48 bits per heavy atom. The van der Waals surface area contributed by atoms with Crippen LogP contribution in [0, 0.1) is 5.92 Å². The molecule has 0 spiro atoms. The third-order valence-corrected chi connectivity index (χ3v) is 5.39. The Hall–Kier alpha value is -1.75. The van der Waals surface area contributed by atoms with Crippen molar-refractivity contribution >= 4 is 34.8 Å². The van der Waals surface area contributed by atoms with Crippen LogP contribution in [0.5, 0.6) is 5.75 Å². The molecule has 0 aliphatic carbocycles. The first-order valence-corrected chi connectivity index (χ1v) is 10.0. The van der Waals surface area contributed by atoms with Crippen LogP contribution in [0.3, 0.4) is 0 Å². The molecule has 144 valence electrons. The van der Waals surface area contributed by atoms with Gasteiger partial charge in [-0.25, -0.2) is 0 Å². The summed E-state index contributed by atoms with van der Waals surface area (Å²) in [6.07, 6.45) is 1.68. The number of anilines is 1. The number of benzene rings is 2. The van der Waals surface area contributed by atoms with Gasteiger partial charge in [0.1, 0.15) is 5.75 Å². The number of carbonyl (C=O) groups excluding carboxylic acids is 1. The van der Waals surface area contributed by atoms with Crippen molar-refractivity contribution in [3.8, 4) is 5.75 Å². The summed E-state index contributed by atoms with van der Waals surface area (Å²) < 4.78 is 5.42. The molecule has 2 aromatic rings. The molecule has 6 heteroatoms. The molecule has 4 nitrogen and oxygen atoms in total. The molecule has 0 saturated carbocycles. The van der Waals surface area contributed by atoms with Gasteiger partial charge in [0.15, 0.2) is 0 Å². The quantitative estimate of drug-likeness (QED) is 0.712. The van der Waals surface area contributed by atoms with E-state index in [1.54, 1.807) is 6.07 Å². The van der Waals surface area contributed by atoms with Crippen LogP contribution >= 0.6 is 23.2 Å². The Morgan fingerprint density at radius 2 is 1.85 bits per heavy atom. The van der Waals surface area contributed by atoms with Crippen molar-refractivity contribution in [1.82, 2.24) is 4.90 Å². The molecule has 0 atom stereocenters. The molecule has 0 bridgehead atoms. The maximum Gasteiger partial charge on any atom is 0.227 e. The number of hydrogen-bond donors (Lipinski definition) is 1. The van der Waals surface area contributed by atoms with Gasteiger partial charge in [-0.05, 0) is 74.8 Å². The van der Waals surface area contributed by atoms with E-state index in [4.69, 9.17) is 27.9 Å². The highest BCUT2D eigenvalue weighted by Gasteiger charge is 2.25. The zero-order valence-electron chi connectivity index (χ0n) is 15.4. The second-order valence-corrected chi connectivity index (χ2v) is 7.58. The van der Waals surface area contributed by atoms with Crippen LogP contribution in [0.25, 0.3) is 0 Å². The van der Waals surface area contributed by atoms with Crippen LogP contribution in [-0.2, 0) is 11.3 Å². The van der Waals surface area contributed by atoms with Gasteiger partial charge in [0, 0.05) is 28.2 Å². The Balaban J connectivity index is 1.48. The molecule has 0 aromatic heterocycles. The number of rotatable bonds is 6. The number of hydrogen-bond acceptors (Lipinski definition) is 3. The third kappa shape index (κ3) is 5.61. The predicted octanol–water partition coefficient (Wildman–Crippen LogP) is 5.24. The van der Waals surface area contributed by atoms with E-state index in [0.717, 1.165) is 49.5 Å². The van der Waals surface area contributed by atoms with Crippen LogP contribution in [0.15, 0.2) is 42.5 Å². The van der Waals surface area contributed by atoms with Gasteiger partial charge in [0.05, 0.1) is 6.61 Å². The van der Waals surface area contributed by atoms with Gasteiger partial charge < -0.3 is 10.1 Å². The highest BCUT2D eigenvalue weighted by molar-refractivity contribution is 6.35. The second-order valence-electron chi connectivity index (χ2n) is 6.73. The summed E-state index contributed by atoms with van der Waals surface area (Å²) in [5, 5.41) is 4.35. The molecule has 1 saturated heterocycles. The molecular weight excluding hydrogens is 383 g/mol. The summed E-state index contributed by atoms with van der Waals surface area (Å²) in [7, 11) is 0. The molecule has 1 amide bonds. The van der Waals surface area contributed by atoms with Crippen molar-refractivity contribution in [1.29, 1.82) is 0 Å². The lowest BCUT2D eigenvalue weighted by Crippen LogP contribution is -2.37. The number of piperidine rings is 1. The Labute approximate surface area is 170 Å². The summed E-state index contributed by atoms with van der Waals surface area (Å²) in [6.45, 7) is 5.11. The van der Waals surface area contributed by atoms with Gasteiger partial charge in [0.25, 0.3) is 0 Å². The Bertz CT molecular complexity index is 772. The van der Waals surface area contributed by atoms with E-state index in [-0.39, 0.29) is 11.8 Å². The maximum absolute atomic E-state index is 12.5. The number of carbonyl (C=O) groups is 1. The summed E-state index contributed by atoms with van der Waals surface area (Å²) >= 11 is 12.2. The number of ether oxygens (including phenoxy) is 1. The highest BCUT2D eigenvalue weighted by Crippen LogP contribution is 2.25. The van der Waals surface area contributed by atoms with Crippen molar-refractivity contribution in [3.05, 3.63) is 58.1 Å². The zero-order chi connectivity index (χ0) is 19.2. The fraction of sp³-hybridized carbons (Fsp3) is 0.381. The number of halogens is 2. The first kappa shape index (κ1) is 20.0. The molecule has 1 aliphatic heterocycles. The first-order valence-electron chi connectivity index (χ1n) is 9.25. The molecule has 1 fully saturated rings. The Morgan fingerprint density at radius 1 is 1.15 bits per heavy atom. The lowest BCUT2D eigenvalue weighted by Gasteiger charge is -2.31. The SMILES string of the molecule is CCOc1ccc(NC(=O)C2CCN(Cc3ccc(Cl)cc3Cl)CC2)cc1. The topological polar surface area (TPSA) is 41.6 Å². The average molecular weight is 407 g/mol. The molecule has 27 heavy (non-hydrogen) atoms. The molecule has 3 rings (SSSR count). The van der Waals surface area contributed by atoms with Crippen LogP contribution in [0.4, 0.5) is 5.69 Å². The van der Waals surface area contributed by atoms with Gasteiger partial charge in [0.2, 0.25) is 5.91 Å². The fourth-order valence-corrected chi connectivity index (χ4v) is 3.76. The van der Waals surface area contributed by atoms with Crippen LogP contribution in [-0.4, -0.2) is 30.5 Å². The van der Waals surface area contributed by atoms with Crippen molar-refractivity contribution < 1.29 is 9.53 Å². The van der Waals surface area contributed by atoms with Crippen molar-refractivity contribution in [3.63, 3.8) is 0 Å². The molecule has 2 aromatic carbocycles. The number of nitrogens with zero attached hydrogens (tertiary/aromatic N) is 1. The summed E-state index contributed by atoms with van der Waals surface area (Å²) in [5.74, 6) is 0.932. The monoisotopic (exact) mass is 406 g/mol. The molecular formula is C21H24Cl2N2O2. The maximum atomic E-state index is 12.5. The molecule has 1 N–H and O–H groups in total. The molecule has 1 heterocycles. The lowest BCUT2D eigenvalue weighted by atomic mass is 9.95. The number of amides is 1. The minimum Gasteiger partial charge on any atom is -0.494 e. The summed E-state index contributed by atoms with van der Waals surface area (Å²) in [4.78, 5) is 14.9. The normalized spacial score (nSPS) is 15.5. The highest BCUT2D eigenvalue weighted by atomic mass is 35.5. The first-order chi connectivity index (χ1) is 13.0. The van der Waals surface area contributed by atoms with Crippen molar-refractivity contribution in [2.75, 3.05) is 25.0 Å². The van der Waals surface area contributed by atoms with Crippen molar-refractivity contribution in [2.45, 2.75) is 26.3 Å². The predicted molar refractivity (Wildman–Crippen MR) is 111 cm³/mol. The van der Waals surface area contributed by atoms with Gasteiger partial charge in [-0.3, -0.25) is 9.69 Å². The summed E-state index contributed by atoms with van der Waals surface area (Å²) in [6, 6.07) is 13.1. The average Bonchev–Trinajstić information content (AvgIpc) is 2.66. The standard InChI is InChI=1S/C21H24Cl2N2O2/c1-2-27-19-7-5-18(6-8-19)24-21(26)15-9-11-25(12-10-15)14-16-3-4-17(22)13-20(16)23/h3-8,13,15H,2,9-12,14H2,1H3,(H,24,26). The zero-order valence-corrected chi connectivity index (χ0v) is 16.9. The fourth-order valence-electron chi connectivity index (χ4n) is 3.29. The lowest BCUT2D eigenvalue weighted by molar-refractivity contribution is -0.121. The van der Waals surface area contributed by atoms with E-state index < -0.39 is 0 Å². The van der Waals surface area contributed by atoms with Gasteiger partial charge in [-0.1, -0.05) is 29.3 Å². The van der Waals surface area contributed by atoms with Crippen molar-refractivity contribution in [2.24, 2.45) is 5.92 Å². The largest absolute Gasteiger partial charge is 0.494 e. The van der Waals surface area contributed by atoms with Crippen LogP contribution < -0.4 is 10.1 Å². The van der Waals surface area contributed by atoms with E-state index in [9.17, 15) is 4.79 Å². The minimum atomic E-state index is 0.0357. The summed E-state index contributed by atoms with van der Waals surface area (Å²) in [5.41, 5.74) is 1.87. The smallest absolute Gasteiger partial charge is 0.227 e. The van der Waals surface area contributed by atoms with Gasteiger partial charge in [-0.2, -0.15) is 0 Å². The van der Waals surface area contributed by atoms with E-state index in [0.29, 0.717) is 16.7 Å². The van der Waals surface area contributed by atoms with Crippen LogP contribution in [0.1, 0.15) is 25.3 Å². The Kier molecular flexibility index (Phi) is 7.00. The van der Waals surface area contributed by atoms with E-state index in [1.165, 1.54) is 0 Å².